The van der Waals surface area contributed by atoms with Crippen molar-refractivity contribution in [2.45, 2.75) is 5.16 Å². The average molecular weight is 447 g/mol. The molecule has 0 aliphatic carbocycles. The standard InChI is InChI=1S/C22H17N5O4S/c28-19-11-9-15(10-12-19)21-24-25-22(26(21)17-6-2-1-3-7-17)32-14-20(29)23-16-5-4-8-18(13-16)27(30)31/h1-13,28H,14H2,(H,23,29). The Morgan fingerprint density at radius 3 is 2.50 bits per heavy atom. The first-order chi connectivity index (χ1) is 15.5. The largest absolute Gasteiger partial charge is 0.508 e. The van der Waals surface area contributed by atoms with Crippen LogP contribution in [0, 0.1) is 10.1 Å². The van der Waals surface area contributed by atoms with Gasteiger partial charge in [0.1, 0.15) is 5.75 Å². The Bertz CT molecular complexity index is 1260. The summed E-state index contributed by atoms with van der Waals surface area (Å²) in [5.74, 6) is 0.414. The lowest BCUT2D eigenvalue weighted by molar-refractivity contribution is -0.384. The van der Waals surface area contributed by atoms with Crippen LogP contribution in [0.5, 0.6) is 5.75 Å². The molecule has 1 aromatic heterocycles. The number of nitrogens with one attached hydrogen (secondary N) is 1. The maximum atomic E-state index is 12.4. The summed E-state index contributed by atoms with van der Waals surface area (Å²) in [4.78, 5) is 22.8. The monoisotopic (exact) mass is 447 g/mol. The number of thioether (sulfide) groups is 1. The molecule has 0 spiro atoms. The number of phenols is 1. The number of para-hydroxylation sites is 1. The molecule has 0 aliphatic rings. The fraction of sp³-hybridized carbons (Fsp3) is 0.0455. The lowest BCUT2D eigenvalue weighted by Gasteiger charge is -2.10. The van der Waals surface area contributed by atoms with E-state index in [9.17, 15) is 20.0 Å². The normalized spacial score (nSPS) is 10.6. The molecule has 3 aromatic carbocycles. The van der Waals surface area contributed by atoms with Crippen LogP contribution in [0.3, 0.4) is 0 Å². The Morgan fingerprint density at radius 1 is 1.03 bits per heavy atom. The van der Waals surface area contributed by atoms with Crippen molar-refractivity contribution in [3.8, 4) is 22.8 Å². The molecule has 2 N–H and O–H groups in total. The Balaban J connectivity index is 1.56. The summed E-state index contributed by atoms with van der Waals surface area (Å²) >= 11 is 1.19. The van der Waals surface area contributed by atoms with Crippen molar-refractivity contribution in [3.63, 3.8) is 0 Å². The van der Waals surface area contributed by atoms with Crippen molar-refractivity contribution in [3.05, 3.63) is 89.0 Å². The molecule has 9 nitrogen and oxygen atoms in total. The third kappa shape index (κ3) is 4.76. The molecular formula is C22H17N5O4S. The number of aromatic hydroxyl groups is 1. The number of hydrogen-bond acceptors (Lipinski definition) is 7. The Labute approximate surface area is 186 Å². The topological polar surface area (TPSA) is 123 Å². The first-order valence-electron chi connectivity index (χ1n) is 9.48. The predicted octanol–water partition coefficient (Wildman–Crippen LogP) is 4.28. The van der Waals surface area contributed by atoms with Gasteiger partial charge < -0.3 is 10.4 Å². The van der Waals surface area contributed by atoms with Crippen LogP contribution in [0.25, 0.3) is 17.1 Å². The Morgan fingerprint density at radius 2 is 1.78 bits per heavy atom. The van der Waals surface area contributed by atoms with E-state index in [2.05, 4.69) is 15.5 Å². The summed E-state index contributed by atoms with van der Waals surface area (Å²) in [5.41, 5.74) is 1.83. The Kier molecular flexibility index (Phi) is 6.13. The van der Waals surface area contributed by atoms with E-state index in [4.69, 9.17) is 0 Å². The van der Waals surface area contributed by atoms with Gasteiger partial charge in [0.2, 0.25) is 5.91 Å². The number of anilines is 1. The van der Waals surface area contributed by atoms with E-state index in [0.717, 1.165) is 11.3 Å². The van der Waals surface area contributed by atoms with Crippen LogP contribution in [0.4, 0.5) is 11.4 Å². The molecule has 0 saturated heterocycles. The summed E-state index contributed by atoms with van der Waals surface area (Å²) in [6.07, 6.45) is 0. The van der Waals surface area contributed by atoms with Crippen LogP contribution in [0.1, 0.15) is 0 Å². The lowest BCUT2D eigenvalue weighted by Crippen LogP contribution is -2.14. The molecule has 0 atom stereocenters. The zero-order valence-corrected chi connectivity index (χ0v) is 17.4. The van der Waals surface area contributed by atoms with Crippen LogP contribution >= 0.6 is 11.8 Å². The molecule has 0 radical (unpaired) electrons. The molecule has 0 unspecified atom stereocenters. The molecule has 0 saturated carbocycles. The number of carbonyl (C=O) groups excluding carboxylic acids is 1. The van der Waals surface area contributed by atoms with Crippen LogP contribution in [0.15, 0.2) is 84.0 Å². The minimum atomic E-state index is -0.516. The first kappa shape index (κ1) is 21.1. The van der Waals surface area contributed by atoms with Gasteiger partial charge >= 0.3 is 0 Å². The van der Waals surface area contributed by atoms with E-state index < -0.39 is 4.92 Å². The maximum absolute atomic E-state index is 12.4. The molecule has 4 aromatic rings. The number of aromatic nitrogens is 3. The number of benzene rings is 3. The van der Waals surface area contributed by atoms with E-state index >= 15 is 0 Å². The van der Waals surface area contributed by atoms with E-state index in [-0.39, 0.29) is 23.1 Å². The minimum absolute atomic E-state index is 0.0310. The van der Waals surface area contributed by atoms with Gasteiger partial charge in [-0.25, -0.2) is 0 Å². The second kappa shape index (κ2) is 9.31. The number of nitro groups is 1. The first-order valence-corrected chi connectivity index (χ1v) is 10.5. The molecule has 0 fully saturated rings. The zero-order chi connectivity index (χ0) is 22.5. The molecule has 10 heteroatoms. The lowest BCUT2D eigenvalue weighted by atomic mass is 10.2. The number of hydrogen-bond donors (Lipinski definition) is 2. The van der Waals surface area contributed by atoms with E-state index in [1.54, 1.807) is 30.3 Å². The summed E-state index contributed by atoms with van der Waals surface area (Å²) in [6, 6.07) is 21.9. The van der Waals surface area contributed by atoms with Gasteiger partial charge in [0.25, 0.3) is 5.69 Å². The van der Waals surface area contributed by atoms with Crippen molar-refractivity contribution in [2.24, 2.45) is 0 Å². The zero-order valence-electron chi connectivity index (χ0n) is 16.6. The third-order valence-corrected chi connectivity index (χ3v) is 5.38. The van der Waals surface area contributed by atoms with Gasteiger partial charge in [-0.05, 0) is 42.5 Å². The van der Waals surface area contributed by atoms with E-state index in [0.29, 0.717) is 16.7 Å². The van der Waals surface area contributed by atoms with Gasteiger partial charge in [0.15, 0.2) is 11.0 Å². The molecule has 0 bridgehead atoms. The van der Waals surface area contributed by atoms with Gasteiger partial charge in [-0.2, -0.15) is 0 Å². The van der Waals surface area contributed by atoms with Crippen LogP contribution < -0.4 is 5.32 Å². The number of non-ortho nitro benzene ring substituents is 1. The molecule has 0 aliphatic heterocycles. The number of carbonyl (C=O) groups is 1. The van der Waals surface area contributed by atoms with Crippen LogP contribution in [-0.4, -0.2) is 36.5 Å². The fourth-order valence-corrected chi connectivity index (χ4v) is 3.75. The number of nitro benzene ring substituents is 1. The maximum Gasteiger partial charge on any atom is 0.271 e. The number of nitrogens with zero attached hydrogens (tertiary/aromatic N) is 4. The predicted molar refractivity (Wildman–Crippen MR) is 121 cm³/mol. The number of phenolic OH excluding ortho intramolecular Hbond substituents is 1. The molecule has 1 heterocycles. The Hall–Kier alpha value is -4.18. The van der Waals surface area contributed by atoms with Crippen molar-refractivity contribution in [2.75, 3.05) is 11.1 Å². The minimum Gasteiger partial charge on any atom is -0.508 e. The van der Waals surface area contributed by atoms with Crippen LogP contribution in [-0.2, 0) is 4.79 Å². The van der Waals surface area contributed by atoms with Gasteiger partial charge in [0.05, 0.1) is 10.7 Å². The highest BCUT2D eigenvalue weighted by Crippen LogP contribution is 2.29. The van der Waals surface area contributed by atoms with Gasteiger partial charge in [-0.15, -0.1) is 10.2 Å². The summed E-state index contributed by atoms with van der Waals surface area (Å²) in [7, 11) is 0. The smallest absolute Gasteiger partial charge is 0.271 e. The van der Waals surface area contributed by atoms with Crippen molar-refractivity contribution in [1.82, 2.24) is 14.8 Å². The quantitative estimate of drug-likeness (QED) is 0.246. The highest BCUT2D eigenvalue weighted by Gasteiger charge is 2.17. The molecule has 1 amide bonds. The van der Waals surface area contributed by atoms with E-state index in [1.807, 2.05) is 34.9 Å². The van der Waals surface area contributed by atoms with Gasteiger partial charge in [-0.1, -0.05) is 36.0 Å². The van der Waals surface area contributed by atoms with Crippen molar-refractivity contribution < 1.29 is 14.8 Å². The van der Waals surface area contributed by atoms with Gasteiger partial charge in [-0.3, -0.25) is 19.5 Å². The molecule has 160 valence electrons. The average Bonchev–Trinajstić information content (AvgIpc) is 3.23. The molecule has 32 heavy (non-hydrogen) atoms. The van der Waals surface area contributed by atoms with E-state index in [1.165, 1.54) is 30.0 Å². The second-order valence-corrected chi connectivity index (χ2v) is 7.61. The molecular weight excluding hydrogens is 430 g/mol. The summed E-state index contributed by atoms with van der Waals surface area (Å²) in [5, 5.41) is 32.2. The van der Waals surface area contributed by atoms with Crippen molar-refractivity contribution in [1.29, 1.82) is 0 Å². The number of amides is 1. The third-order valence-electron chi connectivity index (χ3n) is 4.45. The fourth-order valence-electron chi connectivity index (χ4n) is 3.00. The summed E-state index contributed by atoms with van der Waals surface area (Å²) in [6.45, 7) is 0. The SMILES string of the molecule is O=C(CSc1nnc(-c2ccc(O)cc2)n1-c1ccccc1)Nc1cccc([N+](=O)[O-])c1. The molecule has 4 rings (SSSR count). The highest BCUT2D eigenvalue weighted by atomic mass is 32.2. The summed E-state index contributed by atoms with van der Waals surface area (Å²) < 4.78 is 1.83. The van der Waals surface area contributed by atoms with Gasteiger partial charge in [0, 0.05) is 29.1 Å². The van der Waals surface area contributed by atoms with Crippen LogP contribution in [0.2, 0.25) is 0 Å². The highest BCUT2D eigenvalue weighted by molar-refractivity contribution is 7.99. The number of rotatable bonds is 7. The second-order valence-electron chi connectivity index (χ2n) is 6.67. The van der Waals surface area contributed by atoms with Crippen molar-refractivity contribution >= 4 is 29.0 Å².